The number of carboxylic acids is 1. The lowest BCUT2D eigenvalue weighted by Gasteiger charge is -2.09. The van der Waals surface area contributed by atoms with Crippen LogP contribution in [0.2, 0.25) is 0 Å². The zero-order chi connectivity index (χ0) is 16.6. The van der Waals surface area contributed by atoms with Gasteiger partial charge in [-0.15, -0.1) is 0 Å². The van der Waals surface area contributed by atoms with Crippen LogP contribution in [0.4, 0.5) is 8.78 Å². The summed E-state index contributed by atoms with van der Waals surface area (Å²) in [6.45, 7) is 0. The molecule has 0 spiro atoms. The van der Waals surface area contributed by atoms with Gasteiger partial charge in [-0.05, 0) is 30.3 Å². The van der Waals surface area contributed by atoms with E-state index in [9.17, 15) is 18.7 Å². The summed E-state index contributed by atoms with van der Waals surface area (Å²) in [5, 5.41) is 19.7. The molecule has 7 heteroatoms. The average molecular weight is 317 g/mol. The van der Waals surface area contributed by atoms with Gasteiger partial charge >= 0.3 is 5.97 Å². The standard InChI is InChI=1S/C16H9F2NO4/c17-12-4-3-10(6-13(12)18)23-9-2-1-8-7-19-14(16(21)22)15(20)11(8)5-9/h1-7,20H,(H,21,22). The Labute approximate surface area is 128 Å². The highest BCUT2D eigenvalue weighted by Crippen LogP contribution is 2.32. The number of hydrogen-bond donors (Lipinski definition) is 2. The minimum Gasteiger partial charge on any atom is -0.505 e. The second-order valence-electron chi connectivity index (χ2n) is 4.69. The molecule has 2 aromatic carbocycles. The molecule has 0 bridgehead atoms. The summed E-state index contributed by atoms with van der Waals surface area (Å²) in [6, 6.07) is 7.54. The smallest absolute Gasteiger partial charge is 0.358 e. The fraction of sp³-hybridized carbons (Fsp3) is 0. The van der Waals surface area contributed by atoms with Crippen molar-refractivity contribution in [2.24, 2.45) is 0 Å². The third-order valence-electron chi connectivity index (χ3n) is 3.17. The molecule has 0 saturated heterocycles. The normalized spacial score (nSPS) is 10.7. The van der Waals surface area contributed by atoms with Crippen LogP contribution >= 0.6 is 0 Å². The fourth-order valence-corrected chi connectivity index (χ4v) is 2.07. The fourth-order valence-electron chi connectivity index (χ4n) is 2.07. The van der Waals surface area contributed by atoms with Gasteiger partial charge in [-0.2, -0.15) is 0 Å². The Morgan fingerprint density at radius 1 is 1.04 bits per heavy atom. The number of rotatable bonds is 3. The van der Waals surface area contributed by atoms with Crippen molar-refractivity contribution in [1.82, 2.24) is 4.98 Å². The van der Waals surface area contributed by atoms with Gasteiger partial charge in [0.1, 0.15) is 11.5 Å². The molecule has 116 valence electrons. The van der Waals surface area contributed by atoms with Gasteiger partial charge in [0.2, 0.25) is 0 Å². The van der Waals surface area contributed by atoms with Crippen LogP contribution in [-0.2, 0) is 0 Å². The zero-order valence-corrected chi connectivity index (χ0v) is 11.5. The molecule has 0 atom stereocenters. The third kappa shape index (κ3) is 2.76. The van der Waals surface area contributed by atoms with Crippen molar-refractivity contribution in [1.29, 1.82) is 0 Å². The molecule has 1 heterocycles. The maximum Gasteiger partial charge on any atom is 0.358 e. The lowest BCUT2D eigenvalue weighted by Crippen LogP contribution is -2.00. The predicted octanol–water partition coefficient (Wildman–Crippen LogP) is 3.71. The molecule has 0 aliphatic rings. The van der Waals surface area contributed by atoms with Crippen molar-refractivity contribution in [3.05, 3.63) is 59.9 Å². The highest BCUT2D eigenvalue weighted by atomic mass is 19.2. The van der Waals surface area contributed by atoms with E-state index in [4.69, 9.17) is 9.84 Å². The van der Waals surface area contributed by atoms with Crippen LogP contribution in [0.15, 0.2) is 42.6 Å². The SMILES string of the molecule is O=C(O)c1ncc2ccc(Oc3ccc(F)c(F)c3)cc2c1O. The first kappa shape index (κ1) is 14.7. The number of halogens is 2. The summed E-state index contributed by atoms with van der Waals surface area (Å²) in [5.74, 6) is -3.62. The number of pyridine rings is 1. The number of aromatic hydroxyl groups is 1. The molecule has 23 heavy (non-hydrogen) atoms. The van der Waals surface area contributed by atoms with E-state index in [2.05, 4.69) is 4.98 Å². The van der Waals surface area contributed by atoms with Gasteiger partial charge in [0.05, 0.1) is 0 Å². The Morgan fingerprint density at radius 2 is 1.74 bits per heavy atom. The number of benzene rings is 2. The zero-order valence-electron chi connectivity index (χ0n) is 11.5. The molecule has 2 N–H and O–H groups in total. The lowest BCUT2D eigenvalue weighted by atomic mass is 10.1. The minimum atomic E-state index is -1.36. The van der Waals surface area contributed by atoms with Gasteiger partial charge < -0.3 is 14.9 Å². The molecule has 0 aliphatic carbocycles. The molecule has 0 aliphatic heterocycles. The molecular formula is C16H9F2NO4. The van der Waals surface area contributed by atoms with E-state index < -0.39 is 29.0 Å². The number of aromatic carboxylic acids is 1. The first-order chi connectivity index (χ1) is 11.0. The Balaban J connectivity index is 2.03. The van der Waals surface area contributed by atoms with Gasteiger partial charge in [-0.3, -0.25) is 0 Å². The van der Waals surface area contributed by atoms with Crippen molar-refractivity contribution in [2.75, 3.05) is 0 Å². The molecule has 0 radical (unpaired) electrons. The Bertz CT molecular complexity index is 927. The van der Waals surface area contributed by atoms with Gasteiger partial charge in [0.25, 0.3) is 0 Å². The summed E-state index contributed by atoms with van der Waals surface area (Å²) >= 11 is 0. The quantitative estimate of drug-likeness (QED) is 0.770. The van der Waals surface area contributed by atoms with Crippen LogP contribution in [-0.4, -0.2) is 21.2 Å². The van der Waals surface area contributed by atoms with Crippen LogP contribution in [0.5, 0.6) is 17.2 Å². The molecule has 0 amide bonds. The number of fused-ring (bicyclic) bond motifs is 1. The molecule has 0 fully saturated rings. The van der Waals surface area contributed by atoms with E-state index in [1.807, 2.05) is 0 Å². The summed E-state index contributed by atoms with van der Waals surface area (Å²) in [6.07, 6.45) is 1.31. The average Bonchev–Trinajstić information content (AvgIpc) is 2.51. The van der Waals surface area contributed by atoms with Crippen LogP contribution in [0, 0.1) is 11.6 Å². The van der Waals surface area contributed by atoms with Crippen molar-refractivity contribution < 1.29 is 28.5 Å². The van der Waals surface area contributed by atoms with Crippen molar-refractivity contribution >= 4 is 16.7 Å². The second kappa shape index (κ2) is 5.53. The third-order valence-corrected chi connectivity index (χ3v) is 3.17. The minimum absolute atomic E-state index is 0.0650. The van der Waals surface area contributed by atoms with Gasteiger partial charge in [0.15, 0.2) is 23.1 Å². The second-order valence-corrected chi connectivity index (χ2v) is 4.69. The molecule has 0 unspecified atom stereocenters. The summed E-state index contributed by atoms with van der Waals surface area (Å²) < 4.78 is 31.5. The van der Waals surface area contributed by atoms with Crippen LogP contribution in [0.1, 0.15) is 10.5 Å². The van der Waals surface area contributed by atoms with E-state index in [1.54, 1.807) is 6.07 Å². The van der Waals surface area contributed by atoms with Gasteiger partial charge in [-0.1, -0.05) is 0 Å². The number of carbonyl (C=O) groups is 1. The Hall–Kier alpha value is -3.22. The summed E-state index contributed by atoms with van der Waals surface area (Å²) in [4.78, 5) is 14.6. The summed E-state index contributed by atoms with van der Waals surface area (Å²) in [7, 11) is 0. The first-order valence-electron chi connectivity index (χ1n) is 6.43. The number of carboxylic acid groups (broad SMARTS) is 1. The molecule has 0 saturated carbocycles. The van der Waals surface area contributed by atoms with Crippen molar-refractivity contribution in [3.63, 3.8) is 0 Å². The number of ether oxygens (including phenoxy) is 1. The molecule has 3 rings (SSSR count). The molecule has 5 nitrogen and oxygen atoms in total. The van der Waals surface area contributed by atoms with Gasteiger partial charge in [-0.25, -0.2) is 18.6 Å². The van der Waals surface area contributed by atoms with E-state index >= 15 is 0 Å². The Kier molecular flexibility index (Phi) is 3.53. The highest BCUT2D eigenvalue weighted by Gasteiger charge is 2.15. The molecule has 3 aromatic rings. The topological polar surface area (TPSA) is 79.7 Å². The maximum absolute atomic E-state index is 13.2. The monoisotopic (exact) mass is 317 g/mol. The summed E-state index contributed by atoms with van der Waals surface area (Å²) in [5.41, 5.74) is -0.484. The van der Waals surface area contributed by atoms with E-state index in [0.29, 0.717) is 5.39 Å². The predicted molar refractivity (Wildman–Crippen MR) is 76.8 cm³/mol. The van der Waals surface area contributed by atoms with Crippen molar-refractivity contribution in [3.8, 4) is 17.2 Å². The number of nitrogens with zero attached hydrogens (tertiary/aromatic N) is 1. The number of hydrogen-bond acceptors (Lipinski definition) is 4. The van der Waals surface area contributed by atoms with Crippen LogP contribution in [0.25, 0.3) is 10.8 Å². The van der Waals surface area contributed by atoms with E-state index in [1.165, 1.54) is 24.4 Å². The first-order valence-corrected chi connectivity index (χ1v) is 6.43. The molecule has 1 aromatic heterocycles. The lowest BCUT2D eigenvalue weighted by molar-refractivity contribution is 0.0687. The Morgan fingerprint density at radius 3 is 2.43 bits per heavy atom. The van der Waals surface area contributed by atoms with Gasteiger partial charge in [0, 0.05) is 23.0 Å². The van der Waals surface area contributed by atoms with E-state index in [-0.39, 0.29) is 16.9 Å². The van der Waals surface area contributed by atoms with Crippen LogP contribution < -0.4 is 4.74 Å². The highest BCUT2D eigenvalue weighted by molar-refractivity contribution is 5.98. The van der Waals surface area contributed by atoms with Crippen molar-refractivity contribution in [2.45, 2.75) is 0 Å². The maximum atomic E-state index is 13.2. The largest absolute Gasteiger partial charge is 0.505 e. The number of aromatic nitrogens is 1. The van der Waals surface area contributed by atoms with E-state index in [0.717, 1.165) is 12.1 Å². The molecular weight excluding hydrogens is 308 g/mol. The van der Waals surface area contributed by atoms with Crippen LogP contribution in [0.3, 0.4) is 0 Å².